The number of carbonyl (C=O) groups is 1. The first-order valence-corrected chi connectivity index (χ1v) is 5.13. The van der Waals surface area contributed by atoms with Crippen molar-refractivity contribution in [1.82, 2.24) is 4.98 Å². The van der Waals surface area contributed by atoms with Gasteiger partial charge in [-0.25, -0.2) is 0 Å². The van der Waals surface area contributed by atoms with Gasteiger partial charge in [0.25, 0.3) is 0 Å². The molecule has 3 nitrogen and oxygen atoms in total. The number of aromatic nitrogens is 1. The highest BCUT2D eigenvalue weighted by Gasteiger charge is 2.09. The van der Waals surface area contributed by atoms with Crippen molar-refractivity contribution < 1.29 is 9.53 Å². The first-order chi connectivity index (χ1) is 7.22. The van der Waals surface area contributed by atoms with Crippen LogP contribution >= 0.6 is 0 Å². The number of Topliss-reactive ketones (excluding diaryl/α,β-unsaturated/α-hetero) is 1. The third-order valence-corrected chi connectivity index (χ3v) is 2.13. The molecule has 1 atom stereocenters. The summed E-state index contributed by atoms with van der Waals surface area (Å²) >= 11 is 0. The van der Waals surface area contributed by atoms with E-state index >= 15 is 0 Å². The number of methoxy groups -OCH3 is 1. The molecule has 0 aliphatic carbocycles. The van der Waals surface area contributed by atoms with Crippen LogP contribution in [0.25, 0.3) is 0 Å². The lowest BCUT2D eigenvalue weighted by molar-refractivity contribution is -0.119. The molecule has 0 amide bonds. The molecule has 0 saturated heterocycles. The van der Waals surface area contributed by atoms with Crippen LogP contribution in [0.1, 0.15) is 19.0 Å². The van der Waals surface area contributed by atoms with Gasteiger partial charge >= 0.3 is 0 Å². The Morgan fingerprint density at radius 3 is 2.93 bits per heavy atom. The van der Waals surface area contributed by atoms with Crippen LogP contribution in [0.3, 0.4) is 0 Å². The van der Waals surface area contributed by atoms with Gasteiger partial charge in [-0.1, -0.05) is 13.0 Å². The lowest BCUT2D eigenvalue weighted by atomic mass is 10.0. The van der Waals surface area contributed by atoms with E-state index in [0.717, 1.165) is 5.69 Å². The molecule has 0 aromatic carbocycles. The Balaban J connectivity index is 2.36. The maximum Gasteiger partial charge on any atom is 0.139 e. The number of hydrogen-bond acceptors (Lipinski definition) is 3. The number of rotatable bonds is 6. The number of carbonyl (C=O) groups excluding carboxylic acids is 1. The molecular weight excluding hydrogens is 190 g/mol. The van der Waals surface area contributed by atoms with Crippen molar-refractivity contribution in [3.05, 3.63) is 30.1 Å². The molecule has 15 heavy (non-hydrogen) atoms. The van der Waals surface area contributed by atoms with Gasteiger partial charge in [0.05, 0.1) is 0 Å². The molecule has 1 aromatic rings. The van der Waals surface area contributed by atoms with E-state index in [2.05, 4.69) is 4.98 Å². The first kappa shape index (κ1) is 11.9. The Bertz CT molecular complexity index is 298. The van der Waals surface area contributed by atoms with Gasteiger partial charge < -0.3 is 4.74 Å². The average Bonchev–Trinajstić information content (AvgIpc) is 2.19. The smallest absolute Gasteiger partial charge is 0.139 e. The first-order valence-electron chi connectivity index (χ1n) is 5.13. The van der Waals surface area contributed by atoms with Gasteiger partial charge in [0.1, 0.15) is 5.78 Å². The summed E-state index contributed by atoms with van der Waals surface area (Å²) in [7, 11) is 1.65. The largest absolute Gasteiger partial charge is 0.384 e. The van der Waals surface area contributed by atoms with Gasteiger partial charge in [0.2, 0.25) is 0 Å². The minimum Gasteiger partial charge on any atom is -0.384 e. The van der Waals surface area contributed by atoms with Crippen LogP contribution in [0.15, 0.2) is 24.4 Å². The lowest BCUT2D eigenvalue weighted by Gasteiger charge is -2.08. The number of ketones is 1. The van der Waals surface area contributed by atoms with E-state index in [1.807, 2.05) is 25.1 Å². The van der Waals surface area contributed by atoms with Crippen LogP contribution in [0.4, 0.5) is 0 Å². The van der Waals surface area contributed by atoms with Gasteiger partial charge in [-0.2, -0.15) is 0 Å². The number of hydrogen-bond donors (Lipinski definition) is 0. The molecule has 0 saturated carbocycles. The fourth-order valence-corrected chi connectivity index (χ4v) is 1.51. The molecule has 0 aliphatic rings. The van der Waals surface area contributed by atoms with Crippen LogP contribution in [0, 0.1) is 5.92 Å². The van der Waals surface area contributed by atoms with Gasteiger partial charge in [-0.05, 0) is 18.1 Å². The Hall–Kier alpha value is -1.22. The third-order valence-electron chi connectivity index (χ3n) is 2.13. The number of nitrogens with zero attached hydrogens (tertiary/aromatic N) is 1. The molecule has 82 valence electrons. The highest BCUT2D eigenvalue weighted by atomic mass is 16.5. The molecule has 1 heterocycles. The summed E-state index contributed by atoms with van der Waals surface area (Å²) in [4.78, 5) is 15.7. The Kier molecular flexibility index (Phi) is 4.98. The van der Waals surface area contributed by atoms with Gasteiger partial charge in [0, 0.05) is 38.4 Å². The molecule has 3 heteroatoms. The molecular formula is C12H17NO2. The van der Waals surface area contributed by atoms with Crippen molar-refractivity contribution in [1.29, 1.82) is 0 Å². The van der Waals surface area contributed by atoms with Crippen molar-refractivity contribution in [2.24, 2.45) is 5.92 Å². The minimum atomic E-state index is 0.221. The summed E-state index contributed by atoms with van der Waals surface area (Å²) in [5, 5.41) is 0. The summed E-state index contributed by atoms with van der Waals surface area (Å²) in [6.45, 7) is 2.65. The zero-order valence-electron chi connectivity index (χ0n) is 9.27. The van der Waals surface area contributed by atoms with E-state index < -0.39 is 0 Å². The SMILES string of the molecule is COCC(C)CC(=O)Cc1ccccn1. The van der Waals surface area contributed by atoms with Crippen molar-refractivity contribution in [2.45, 2.75) is 19.8 Å². The summed E-state index contributed by atoms with van der Waals surface area (Å²) in [5.41, 5.74) is 0.840. The molecule has 0 spiro atoms. The average molecular weight is 207 g/mol. The summed E-state index contributed by atoms with van der Waals surface area (Å²) < 4.78 is 4.99. The number of pyridine rings is 1. The fourth-order valence-electron chi connectivity index (χ4n) is 1.51. The Morgan fingerprint density at radius 1 is 1.53 bits per heavy atom. The van der Waals surface area contributed by atoms with E-state index in [4.69, 9.17) is 4.74 Å². The maximum atomic E-state index is 11.6. The monoisotopic (exact) mass is 207 g/mol. The van der Waals surface area contributed by atoms with E-state index in [9.17, 15) is 4.79 Å². The standard InChI is InChI=1S/C12H17NO2/c1-10(9-15-2)7-12(14)8-11-5-3-4-6-13-11/h3-6,10H,7-9H2,1-2H3. The number of ether oxygens (including phenoxy) is 1. The normalized spacial score (nSPS) is 12.4. The van der Waals surface area contributed by atoms with Crippen molar-refractivity contribution in [2.75, 3.05) is 13.7 Å². The lowest BCUT2D eigenvalue weighted by Crippen LogP contribution is -2.12. The van der Waals surface area contributed by atoms with Gasteiger partial charge in [-0.15, -0.1) is 0 Å². The minimum absolute atomic E-state index is 0.221. The van der Waals surface area contributed by atoms with E-state index in [1.165, 1.54) is 0 Å². The molecule has 1 rings (SSSR count). The zero-order valence-corrected chi connectivity index (χ0v) is 9.27. The highest BCUT2D eigenvalue weighted by molar-refractivity contribution is 5.80. The Labute approximate surface area is 90.5 Å². The van der Waals surface area contributed by atoms with Crippen molar-refractivity contribution >= 4 is 5.78 Å². The van der Waals surface area contributed by atoms with Crippen LogP contribution in [-0.2, 0) is 16.0 Å². The summed E-state index contributed by atoms with van der Waals surface area (Å²) in [6, 6.07) is 5.62. The van der Waals surface area contributed by atoms with Crippen LogP contribution in [0.2, 0.25) is 0 Å². The molecule has 1 aromatic heterocycles. The summed E-state index contributed by atoms with van der Waals surface area (Å²) in [6.07, 6.45) is 2.69. The predicted octanol–water partition coefficient (Wildman–Crippen LogP) is 1.87. The van der Waals surface area contributed by atoms with E-state index in [1.54, 1.807) is 13.3 Å². The topological polar surface area (TPSA) is 39.2 Å². The molecule has 0 aliphatic heterocycles. The fraction of sp³-hybridized carbons (Fsp3) is 0.500. The third kappa shape index (κ3) is 4.70. The predicted molar refractivity (Wildman–Crippen MR) is 58.6 cm³/mol. The van der Waals surface area contributed by atoms with Crippen LogP contribution in [-0.4, -0.2) is 24.5 Å². The second-order valence-corrected chi connectivity index (χ2v) is 3.80. The highest BCUT2D eigenvalue weighted by Crippen LogP contribution is 2.06. The quantitative estimate of drug-likeness (QED) is 0.714. The van der Waals surface area contributed by atoms with Gasteiger partial charge in [0.15, 0.2) is 0 Å². The molecule has 0 bridgehead atoms. The summed E-state index contributed by atoms with van der Waals surface area (Å²) in [5.74, 6) is 0.504. The second-order valence-electron chi connectivity index (χ2n) is 3.80. The van der Waals surface area contributed by atoms with E-state index in [0.29, 0.717) is 19.4 Å². The zero-order chi connectivity index (χ0) is 11.1. The molecule has 0 radical (unpaired) electrons. The molecule has 0 fully saturated rings. The second kappa shape index (κ2) is 6.30. The van der Waals surface area contributed by atoms with Crippen molar-refractivity contribution in [3.63, 3.8) is 0 Å². The maximum absolute atomic E-state index is 11.6. The van der Waals surface area contributed by atoms with Crippen LogP contribution in [0.5, 0.6) is 0 Å². The van der Waals surface area contributed by atoms with E-state index in [-0.39, 0.29) is 11.7 Å². The molecule has 0 N–H and O–H groups in total. The Morgan fingerprint density at radius 2 is 2.33 bits per heavy atom. The van der Waals surface area contributed by atoms with Crippen molar-refractivity contribution in [3.8, 4) is 0 Å². The molecule has 1 unspecified atom stereocenters. The van der Waals surface area contributed by atoms with Gasteiger partial charge in [-0.3, -0.25) is 9.78 Å². The van der Waals surface area contributed by atoms with Crippen LogP contribution < -0.4 is 0 Å².